The molecule has 2 heteroatoms. The number of hydrogen-bond acceptors (Lipinski definition) is 2. The lowest BCUT2D eigenvalue weighted by molar-refractivity contribution is 0.274. The zero-order valence-corrected chi connectivity index (χ0v) is 10.2. The number of rotatable bonds is 3. The van der Waals surface area contributed by atoms with Gasteiger partial charge in [0.25, 0.3) is 0 Å². The molecule has 0 aliphatic rings. The lowest BCUT2D eigenvalue weighted by Gasteiger charge is -2.27. The van der Waals surface area contributed by atoms with Gasteiger partial charge in [0.2, 0.25) is 0 Å². The number of anilines is 2. The van der Waals surface area contributed by atoms with Crippen molar-refractivity contribution in [3.63, 3.8) is 0 Å². The van der Waals surface area contributed by atoms with Crippen LogP contribution in [-0.2, 0) is 0 Å². The summed E-state index contributed by atoms with van der Waals surface area (Å²) in [6, 6.07) is 7.89. The third-order valence-corrected chi connectivity index (χ3v) is 3.04. The predicted molar refractivity (Wildman–Crippen MR) is 68.0 cm³/mol. The molecule has 0 fully saturated rings. The molecule has 0 saturated carbocycles. The van der Waals surface area contributed by atoms with Crippen LogP contribution >= 0.6 is 0 Å². The number of nitrogens with two attached hydrogens (primary N) is 1. The Bertz CT molecular complexity index is 313. The second kappa shape index (κ2) is 4.56. The maximum Gasteiger partial charge on any atom is 0.0574 e. The van der Waals surface area contributed by atoms with Crippen LogP contribution in [0.4, 0.5) is 11.4 Å². The predicted octanol–water partition coefficient (Wildman–Crippen LogP) is 3.36. The first-order valence-electron chi connectivity index (χ1n) is 5.49. The van der Waals surface area contributed by atoms with Crippen LogP contribution in [0.1, 0.15) is 27.7 Å². The third kappa shape index (κ3) is 3.46. The summed E-state index contributed by atoms with van der Waals surface area (Å²) in [5.74, 6) is 0.608. The summed E-state index contributed by atoms with van der Waals surface area (Å²) in [6.45, 7) is 9.99. The van der Waals surface area contributed by atoms with Gasteiger partial charge in [0, 0.05) is 6.54 Å². The molecule has 84 valence electrons. The first-order valence-corrected chi connectivity index (χ1v) is 5.49. The highest BCUT2D eigenvalue weighted by Gasteiger charge is 2.19. The summed E-state index contributed by atoms with van der Waals surface area (Å²) in [7, 11) is 0. The fourth-order valence-electron chi connectivity index (χ4n) is 1.23. The van der Waals surface area contributed by atoms with Gasteiger partial charge in [0.15, 0.2) is 0 Å². The Kier molecular flexibility index (Phi) is 3.61. The lowest BCUT2D eigenvalue weighted by Crippen LogP contribution is -2.25. The zero-order valence-electron chi connectivity index (χ0n) is 10.2. The van der Waals surface area contributed by atoms with Gasteiger partial charge in [0.05, 0.1) is 11.4 Å². The van der Waals surface area contributed by atoms with Crippen molar-refractivity contribution >= 4 is 11.4 Å². The van der Waals surface area contributed by atoms with Crippen molar-refractivity contribution in [2.24, 2.45) is 11.3 Å². The van der Waals surface area contributed by atoms with Crippen LogP contribution in [0.2, 0.25) is 0 Å². The van der Waals surface area contributed by atoms with E-state index in [0.717, 1.165) is 17.9 Å². The van der Waals surface area contributed by atoms with Crippen molar-refractivity contribution in [1.29, 1.82) is 0 Å². The molecule has 0 saturated heterocycles. The number of para-hydroxylation sites is 2. The Labute approximate surface area is 92.9 Å². The molecule has 1 aromatic rings. The van der Waals surface area contributed by atoms with E-state index in [2.05, 4.69) is 33.0 Å². The topological polar surface area (TPSA) is 38.0 Å². The molecule has 15 heavy (non-hydrogen) atoms. The summed E-state index contributed by atoms with van der Waals surface area (Å²) in [4.78, 5) is 0. The van der Waals surface area contributed by atoms with Crippen molar-refractivity contribution in [1.82, 2.24) is 0 Å². The van der Waals surface area contributed by atoms with Crippen LogP contribution in [-0.4, -0.2) is 6.54 Å². The molecule has 2 nitrogen and oxygen atoms in total. The second-order valence-electron chi connectivity index (χ2n) is 5.24. The summed E-state index contributed by atoms with van der Waals surface area (Å²) in [5.41, 5.74) is 8.04. The molecule has 0 aliphatic heterocycles. The fraction of sp³-hybridized carbons (Fsp3) is 0.538. The molecule has 0 amide bonds. The van der Waals surface area contributed by atoms with Crippen LogP contribution in [0, 0.1) is 11.3 Å². The molecule has 0 heterocycles. The summed E-state index contributed by atoms with van der Waals surface area (Å²) < 4.78 is 0. The van der Waals surface area contributed by atoms with Gasteiger partial charge in [0.1, 0.15) is 0 Å². The van der Waals surface area contributed by atoms with Gasteiger partial charge in [-0.15, -0.1) is 0 Å². The first kappa shape index (κ1) is 11.9. The highest BCUT2D eigenvalue weighted by Crippen LogP contribution is 2.26. The van der Waals surface area contributed by atoms with Gasteiger partial charge in [-0.1, -0.05) is 39.8 Å². The second-order valence-corrected chi connectivity index (χ2v) is 5.24. The molecule has 1 atom stereocenters. The molecule has 1 unspecified atom stereocenters. The van der Waals surface area contributed by atoms with E-state index in [1.165, 1.54) is 0 Å². The van der Waals surface area contributed by atoms with Gasteiger partial charge in [-0.2, -0.15) is 0 Å². The monoisotopic (exact) mass is 206 g/mol. The maximum absolute atomic E-state index is 5.85. The number of nitrogen functional groups attached to an aromatic ring is 1. The summed E-state index contributed by atoms with van der Waals surface area (Å²) >= 11 is 0. The Balaban J connectivity index is 2.55. The van der Waals surface area contributed by atoms with Gasteiger partial charge >= 0.3 is 0 Å². The molecular weight excluding hydrogens is 184 g/mol. The zero-order chi connectivity index (χ0) is 11.5. The largest absolute Gasteiger partial charge is 0.397 e. The lowest BCUT2D eigenvalue weighted by atomic mass is 9.82. The van der Waals surface area contributed by atoms with Crippen LogP contribution in [0.25, 0.3) is 0 Å². The van der Waals surface area contributed by atoms with Crippen molar-refractivity contribution in [3.05, 3.63) is 24.3 Å². The highest BCUT2D eigenvalue weighted by molar-refractivity contribution is 5.65. The van der Waals surface area contributed by atoms with E-state index in [1.54, 1.807) is 0 Å². The van der Waals surface area contributed by atoms with E-state index >= 15 is 0 Å². The van der Waals surface area contributed by atoms with E-state index in [4.69, 9.17) is 5.73 Å². The smallest absolute Gasteiger partial charge is 0.0574 e. The average Bonchev–Trinajstić information content (AvgIpc) is 2.14. The fourth-order valence-corrected chi connectivity index (χ4v) is 1.23. The van der Waals surface area contributed by atoms with Crippen LogP contribution in [0.15, 0.2) is 24.3 Å². The van der Waals surface area contributed by atoms with Gasteiger partial charge < -0.3 is 11.1 Å². The maximum atomic E-state index is 5.85. The van der Waals surface area contributed by atoms with Gasteiger partial charge in [-0.05, 0) is 23.5 Å². The van der Waals surface area contributed by atoms with E-state index in [0.29, 0.717) is 11.3 Å². The average molecular weight is 206 g/mol. The number of benzene rings is 1. The normalized spacial score (nSPS) is 13.6. The minimum absolute atomic E-state index is 0.330. The van der Waals surface area contributed by atoms with Crippen molar-refractivity contribution in [2.45, 2.75) is 27.7 Å². The SMILES string of the molecule is CC(CNc1ccccc1N)C(C)(C)C. The molecule has 1 rings (SSSR count). The van der Waals surface area contributed by atoms with Gasteiger partial charge in [-0.3, -0.25) is 0 Å². The van der Waals surface area contributed by atoms with Crippen LogP contribution in [0.3, 0.4) is 0 Å². The number of hydrogen-bond donors (Lipinski definition) is 2. The van der Waals surface area contributed by atoms with Gasteiger partial charge in [-0.25, -0.2) is 0 Å². The van der Waals surface area contributed by atoms with E-state index in [9.17, 15) is 0 Å². The quantitative estimate of drug-likeness (QED) is 0.744. The molecule has 0 spiro atoms. The molecular formula is C13H22N2. The van der Waals surface area contributed by atoms with Crippen LogP contribution in [0.5, 0.6) is 0 Å². The minimum Gasteiger partial charge on any atom is -0.397 e. The van der Waals surface area contributed by atoms with E-state index in [-0.39, 0.29) is 0 Å². The van der Waals surface area contributed by atoms with Crippen molar-refractivity contribution in [3.8, 4) is 0 Å². The van der Waals surface area contributed by atoms with Crippen LogP contribution < -0.4 is 11.1 Å². The highest BCUT2D eigenvalue weighted by atomic mass is 14.9. The Morgan fingerprint density at radius 1 is 1.27 bits per heavy atom. The number of nitrogens with one attached hydrogen (secondary N) is 1. The molecule has 0 aliphatic carbocycles. The Hall–Kier alpha value is -1.18. The molecule has 0 bridgehead atoms. The first-order chi connectivity index (χ1) is 6.91. The molecule has 0 radical (unpaired) electrons. The van der Waals surface area contributed by atoms with E-state index < -0.39 is 0 Å². The third-order valence-electron chi connectivity index (χ3n) is 3.04. The van der Waals surface area contributed by atoms with E-state index in [1.807, 2.05) is 24.3 Å². The summed E-state index contributed by atoms with van der Waals surface area (Å²) in [5, 5.41) is 3.39. The van der Waals surface area contributed by atoms with Crippen molar-refractivity contribution in [2.75, 3.05) is 17.6 Å². The standard InChI is InChI=1S/C13H22N2/c1-10(13(2,3)4)9-15-12-8-6-5-7-11(12)14/h5-8,10,15H,9,14H2,1-4H3. The molecule has 0 aromatic heterocycles. The Morgan fingerprint density at radius 3 is 2.40 bits per heavy atom. The molecule has 1 aromatic carbocycles. The Morgan fingerprint density at radius 2 is 1.87 bits per heavy atom. The molecule has 3 N–H and O–H groups in total. The van der Waals surface area contributed by atoms with Crippen molar-refractivity contribution < 1.29 is 0 Å². The summed E-state index contributed by atoms with van der Waals surface area (Å²) in [6.07, 6.45) is 0. The minimum atomic E-state index is 0.330.